The van der Waals surface area contributed by atoms with Crippen LogP contribution in [-0.2, 0) is 5.54 Å². The van der Waals surface area contributed by atoms with Crippen LogP contribution >= 0.6 is 22.6 Å². The summed E-state index contributed by atoms with van der Waals surface area (Å²) in [6, 6.07) is 0. The largest absolute Gasteiger partial charge is 0.306 e. The standard InChI is InChI=1S/C18H28IN5/c1-22-6-2-15(3-7-22)14-23-8-10-24(11-9-23)18(4-5-18)17-20-12-16(19)13-21-17/h12-13,15H,2-11,14H2,1H3. The van der Waals surface area contributed by atoms with Crippen LogP contribution < -0.4 is 0 Å². The Morgan fingerprint density at radius 3 is 2.25 bits per heavy atom. The molecule has 6 heteroatoms. The lowest BCUT2D eigenvalue weighted by Gasteiger charge is -2.41. The first kappa shape index (κ1) is 17.1. The number of halogens is 1. The number of piperidine rings is 1. The fraction of sp³-hybridized carbons (Fsp3) is 0.778. The van der Waals surface area contributed by atoms with E-state index in [9.17, 15) is 0 Å². The van der Waals surface area contributed by atoms with Gasteiger partial charge in [0.15, 0.2) is 0 Å². The molecule has 2 saturated heterocycles. The van der Waals surface area contributed by atoms with Crippen LogP contribution in [0.4, 0.5) is 0 Å². The number of nitrogens with zero attached hydrogens (tertiary/aromatic N) is 5. The highest BCUT2D eigenvalue weighted by molar-refractivity contribution is 14.1. The third-order valence-electron chi connectivity index (χ3n) is 6.09. The molecule has 0 spiro atoms. The number of piperazine rings is 1. The van der Waals surface area contributed by atoms with E-state index in [4.69, 9.17) is 0 Å². The zero-order chi connectivity index (χ0) is 16.6. The van der Waals surface area contributed by atoms with E-state index in [1.165, 1.54) is 71.5 Å². The molecule has 0 unspecified atom stereocenters. The van der Waals surface area contributed by atoms with Gasteiger partial charge in [0, 0.05) is 48.7 Å². The van der Waals surface area contributed by atoms with Crippen LogP contribution in [0.25, 0.3) is 0 Å². The van der Waals surface area contributed by atoms with Gasteiger partial charge in [-0.15, -0.1) is 0 Å². The van der Waals surface area contributed by atoms with Crippen LogP contribution in [0.2, 0.25) is 0 Å². The van der Waals surface area contributed by atoms with Crippen molar-refractivity contribution < 1.29 is 0 Å². The average Bonchev–Trinajstić information content (AvgIpc) is 3.40. The van der Waals surface area contributed by atoms with Gasteiger partial charge in [-0.3, -0.25) is 4.90 Å². The predicted octanol–water partition coefficient (Wildman–Crippen LogP) is 2.03. The fourth-order valence-electron chi connectivity index (χ4n) is 4.32. The maximum Gasteiger partial charge on any atom is 0.148 e. The van der Waals surface area contributed by atoms with Crippen LogP contribution in [0.1, 0.15) is 31.5 Å². The molecule has 4 rings (SSSR count). The van der Waals surface area contributed by atoms with Gasteiger partial charge in [0.05, 0.1) is 5.54 Å². The highest BCUT2D eigenvalue weighted by atomic mass is 127. The van der Waals surface area contributed by atoms with Crippen LogP contribution in [0.5, 0.6) is 0 Å². The first-order valence-corrected chi connectivity index (χ1v) is 10.4. The van der Waals surface area contributed by atoms with Gasteiger partial charge < -0.3 is 9.80 Å². The van der Waals surface area contributed by atoms with Gasteiger partial charge in [0.2, 0.25) is 0 Å². The SMILES string of the molecule is CN1CCC(CN2CCN(C3(c4ncc(I)cn4)CC3)CC2)CC1. The maximum absolute atomic E-state index is 4.63. The molecule has 0 bridgehead atoms. The summed E-state index contributed by atoms with van der Waals surface area (Å²) in [6.07, 6.45) is 9.11. The van der Waals surface area contributed by atoms with Gasteiger partial charge in [-0.1, -0.05) is 0 Å². The lowest BCUT2D eigenvalue weighted by molar-refractivity contribution is 0.0629. The van der Waals surface area contributed by atoms with Gasteiger partial charge in [-0.25, -0.2) is 9.97 Å². The normalized spacial score (nSPS) is 26.6. The van der Waals surface area contributed by atoms with Crippen molar-refractivity contribution in [2.75, 3.05) is 52.9 Å². The Labute approximate surface area is 159 Å². The van der Waals surface area contributed by atoms with Crippen LogP contribution in [0.15, 0.2) is 12.4 Å². The number of likely N-dealkylation sites (tertiary alicyclic amines) is 1. The fourth-order valence-corrected chi connectivity index (χ4v) is 4.60. The van der Waals surface area contributed by atoms with E-state index in [1.54, 1.807) is 0 Å². The molecule has 0 amide bonds. The topological polar surface area (TPSA) is 35.5 Å². The number of rotatable bonds is 4. The Kier molecular flexibility index (Phi) is 5.09. The van der Waals surface area contributed by atoms with Crippen molar-refractivity contribution >= 4 is 22.6 Å². The number of aromatic nitrogens is 2. The summed E-state index contributed by atoms with van der Waals surface area (Å²) in [5.41, 5.74) is 0.157. The Balaban J connectivity index is 1.31. The monoisotopic (exact) mass is 441 g/mol. The molecule has 1 aromatic heterocycles. The van der Waals surface area contributed by atoms with Crippen molar-refractivity contribution in [3.05, 3.63) is 21.8 Å². The maximum atomic E-state index is 4.63. The Hall–Kier alpha value is -0.310. The highest BCUT2D eigenvalue weighted by Crippen LogP contribution is 2.49. The van der Waals surface area contributed by atoms with Crippen LogP contribution in [0.3, 0.4) is 0 Å². The first-order chi connectivity index (χ1) is 11.7. The molecule has 24 heavy (non-hydrogen) atoms. The summed E-state index contributed by atoms with van der Waals surface area (Å²) in [7, 11) is 2.25. The molecule has 132 valence electrons. The summed E-state index contributed by atoms with van der Waals surface area (Å²) in [6.45, 7) is 8.60. The first-order valence-electron chi connectivity index (χ1n) is 9.30. The minimum absolute atomic E-state index is 0.157. The lowest BCUT2D eigenvalue weighted by Crippen LogP contribution is -2.52. The van der Waals surface area contributed by atoms with E-state index in [0.29, 0.717) is 0 Å². The Morgan fingerprint density at radius 2 is 1.67 bits per heavy atom. The second kappa shape index (κ2) is 7.13. The van der Waals surface area contributed by atoms with Gasteiger partial charge >= 0.3 is 0 Å². The van der Waals surface area contributed by atoms with Gasteiger partial charge in [-0.05, 0) is 74.3 Å². The predicted molar refractivity (Wildman–Crippen MR) is 104 cm³/mol. The lowest BCUT2D eigenvalue weighted by atomic mass is 9.96. The molecule has 0 atom stereocenters. The molecule has 3 fully saturated rings. The third kappa shape index (κ3) is 3.61. The molecule has 3 aliphatic rings. The molecular weight excluding hydrogens is 413 g/mol. The molecular formula is C18H28IN5. The minimum Gasteiger partial charge on any atom is -0.306 e. The van der Waals surface area contributed by atoms with Crippen molar-refractivity contribution in [1.29, 1.82) is 0 Å². The van der Waals surface area contributed by atoms with Gasteiger partial charge in [0.1, 0.15) is 5.82 Å². The molecule has 1 aliphatic carbocycles. The van der Waals surface area contributed by atoms with E-state index in [-0.39, 0.29) is 5.54 Å². The summed E-state index contributed by atoms with van der Waals surface area (Å²) < 4.78 is 1.12. The van der Waals surface area contributed by atoms with Crippen LogP contribution in [-0.4, -0.2) is 77.5 Å². The smallest absolute Gasteiger partial charge is 0.148 e. The summed E-state index contributed by atoms with van der Waals surface area (Å²) in [4.78, 5) is 17.1. The van der Waals surface area contributed by atoms with Gasteiger partial charge in [-0.2, -0.15) is 0 Å². The molecule has 0 aromatic carbocycles. The van der Waals surface area contributed by atoms with E-state index in [2.05, 4.69) is 54.3 Å². The van der Waals surface area contributed by atoms with E-state index >= 15 is 0 Å². The van der Waals surface area contributed by atoms with E-state index in [0.717, 1.165) is 15.3 Å². The molecule has 0 N–H and O–H groups in total. The average molecular weight is 441 g/mol. The molecule has 5 nitrogen and oxygen atoms in total. The Bertz CT molecular complexity index is 543. The number of hydrogen-bond acceptors (Lipinski definition) is 5. The third-order valence-corrected chi connectivity index (χ3v) is 6.65. The molecule has 1 saturated carbocycles. The highest BCUT2D eigenvalue weighted by Gasteiger charge is 2.52. The van der Waals surface area contributed by atoms with Crippen molar-refractivity contribution in [1.82, 2.24) is 24.7 Å². The summed E-state index contributed by atoms with van der Waals surface area (Å²) in [5, 5.41) is 0. The molecule has 2 aliphatic heterocycles. The molecule has 1 aromatic rings. The molecule has 0 radical (unpaired) electrons. The molecule has 3 heterocycles. The number of hydrogen-bond donors (Lipinski definition) is 0. The summed E-state index contributed by atoms with van der Waals surface area (Å²) in [5.74, 6) is 1.95. The Morgan fingerprint density at radius 1 is 1.04 bits per heavy atom. The zero-order valence-corrected chi connectivity index (χ0v) is 16.8. The van der Waals surface area contributed by atoms with Crippen molar-refractivity contribution in [3.63, 3.8) is 0 Å². The minimum atomic E-state index is 0.157. The van der Waals surface area contributed by atoms with Crippen molar-refractivity contribution in [2.24, 2.45) is 5.92 Å². The van der Waals surface area contributed by atoms with Crippen LogP contribution in [0, 0.1) is 9.49 Å². The second-order valence-electron chi connectivity index (χ2n) is 7.79. The van der Waals surface area contributed by atoms with Crippen molar-refractivity contribution in [2.45, 2.75) is 31.2 Å². The second-order valence-corrected chi connectivity index (χ2v) is 9.04. The summed E-state index contributed by atoms with van der Waals surface area (Å²) >= 11 is 2.28. The zero-order valence-electron chi connectivity index (χ0n) is 14.6. The van der Waals surface area contributed by atoms with E-state index < -0.39 is 0 Å². The quantitative estimate of drug-likeness (QED) is 0.669. The van der Waals surface area contributed by atoms with Crippen molar-refractivity contribution in [3.8, 4) is 0 Å². The van der Waals surface area contributed by atoms with Gasteiger partial charge in [0.25, 0.3) is 0 Å². The van der Waals surface area contributed by atoms with E-state index in [1.807, 2.05) is 12.4 Å².